The number of aliphatic imine (C=N–C) groups is 1. The normalized spacial score (nSPS) is 15.5. The first kappa shape index (κ1) is 15.3. The summed E-state index contributed by atoms with van der Waals surface area (Å²) in [5, 5.41) is 2.11. The second kappa shape index (κ2) is 6.02. The molecule has 4 rings (SSSR count). The molecule has 0 aromatic heterocycles. The molecule has 0 bridgehead atoms. The van der Waals surface area contributed by atoms with Crippen molar-refractivity contribution in [3.8, 4) is 0 Å². The average Bonchev–Trinajstić information content (AvgIpc) is 2.98. The van der Waals surface area contributed by atoms with Crippen LogP contribution in [-0.2, 0) is 9.53 Å². The summed E-state index contributed by atoms with van der Waals surface area (Å²) in [6, 6.07) is 20.0. The number of rotatable bonds is 2. The van der Waals surface area contributed by atoms with Gasteiger partial charge in [-0.3, -0.25) is 0 Å². The van der Waals surface area contributed by atoms with Crippen LogP contribution in [0.4, 0.5) is 0 Å². The topological polar surface area (TPSA) is 38.7 Å². The van der Waals surface area contributed by atoms with E-state index in [0.29, 0.717) is 11.6 Å². The van der Waals surface area contributed by atoms with Crippen molar-refractivity contribution in [1.29, 1.82) is 0 Å². The van der Waals surface area contributed by atoms with Gasteiger partial charge in [0.1, 0.15) is 0 Å². The Hall–Kier alpha value is -3.20. The Morgan fingerprint density at radius 3 is 2.64 bits per heavy atom. The fourth-order valence-electron chi connectivity index (χ4n) is 3.00. The molecule has 3 nitrogen and oxygen atoms in total. The Balaban J connectivity index is 1.80. The smallest absolute Gasteiger partial charge is 0.363 e. The number of benzene rings is 3. The molecule has 0 saturated carbocycles. The summed E-state index contributed by atoms with van der Waals surface area (Å²) in [7, 11) is 0. The van der Waals surface area contributed by atoms with E-state index in [1.54, 1.807) is 6.08 Å². The maximum Gasteiger partial charge on any atom is 0.363 e. The highest BCUT2D eigenvalue weighted by atomic mass is 16.6. The lowest BCUT2D eigenvalue weighted by molar-refractivity contribution is -0.129. The monoisotopic (exact) mass is 327 g/mol. The van der Waals surface area contributed by atoms with Crippen molar-refractivity contribution in [2.24, 2.45) is 4.99 Å². The van der Waals surface area contributed by atoms with E-state index in [-0.39, 0.29) is 0 Å². The molecule has 25 heavy (non-hydrogen) atoms. The van der Waals surface area contributed by atoms with Gasteiger partial charge in [0.2, 0.25) is 5.90 Å². The summed E-state index contributed by atoms with van der Waals surface area (Å²) in [6.45, 7) is 4.04. The van der Waals surface area contributed by atoms with Crippen LogP contribution < -0.4 is 0 Å². The number of nitrogens with zero attached hydrogens (tertiary/aromatic N) is 1. The number of fused-ring (bicyclic) bond motifs is 1. The Labute approximate surface area is 146 Å². The summed E-state index contributed by atoms with van der Waals surface area (Å²) >= 11 is 0. The van der Waals surface area contributed by atoms with Gasteiger partial charge in [-0.15, -0.1) is 0 Å². The van der Waals surface area contributed by atoms with E-state index in [0.717, 1.165) is 33.0 Å². The predicted octanol–water partition coefficient (Wildman–Crippen LogP) is 4.80. The summed E-state index contributed by atoms with van der Waals surface area (Å²) in [5.74, 6) is -0.0535. The highest BCUT2D eigenvalue weighted by Crippen LogP contribution is 2.25. The number of hydrogen-bond acceptors (Lipinski definition) is 3. The van der Waals surface area contributed by atoms with Crippen LogP contribution in [0.25, 0.3) is 16.8 Å². The predicted molar refractivity (Wildman–Crippen MR) is 100 cm³/mol. The largest absolute Gasteiger partial charge is 0.402 e. The van der Waals surface area contributed by atoms with E-state index >= 15 is 0 Å². The molecule has 0 fully saturated rings. The summed E-state index contributed by atoms with van der Waals surface area (Å²) in [6.07, 6.45) is 1.79. The third-order valence-corrected chi connectivity index (χ3v) is 4.37. The van der Waals surface area contributed by atoms with Crippen LogP contribution in [0.5, 0.6) is 0 Å². The maximum absolute atomic E-state index is 12.3. The molecule has 0 amide bonds. The van der Waals surface area contributed by atoms with E-state index in [4.69, 9.17) is 4.74 Å². The van der Waals surface area contributed by atoms with E-state index < -0.39 is 5.97 Å². The first-order valence-corrected chi connectivity index (χ1v) is 8.20. The molecule has 0 spiro atoms. The highest BCUT2D eigenvalue weighted by Gasteiger charge is 2.25. The number of ether oxygens (including phenoxy) is 1. The summed E-state index contributed by atoms with van der Waals surface area (Å²) < 4.78 is 5.45. The molecule has 3 heteroatoms. The molecule has 122 valence electrons. The summed E-state index contributed by atoms with van der Waals surface area (Å²) in [4.78, 5) is 16.8. The van der Waals surface area contributed by atoms with Gasteiger partial charge >= 0.3 is 5.97 Å². The van der Waals surface area contributed by atoms with Crippen LogP contribution in [0.15, 0.2) is 71.4 Å². The highest BCUT2D eigenvalue weighted by molar-refractivity contribution is 6.17. The first-order valence-electron chi connectivity index (χ1n) is 8.20. The fourth-order valence-corrected chi connectivity index (χ4v) is 3.00. The Morgan fingerprint density at radius 2 is 1.76 bits per heavy atom. The zero-order chi connectivity index (χ0) is 17.4. The van der Waals surface area contributed by atoms with Crippen molar-refractivity contribution < 1.29 is 9.53 Å². The molecule has 3 aromatic carbocycles. The number of esters is 1. The standard InChI is InChI=1S/C22H17NO2/c1-14-10-11-15(2)17(12-14)13-20-22(24)25-21(23-20)19-9-5-7-16-6-3-4-8-18(16)19/h3-13H,1-2H3. The minimum absolute atomic E-state index is 0.330. The van der Waals surface area contributed by atoms with Crippen molar-refractivity contribution in [3.63, 3.8) is 0 Å². The quantitative estimate of drug-likeness (QED) is 0.501. The number of carbonyl (C=O) groups excluding carboxylic acids is 1. The van der Waals surface area contributed by atoms with Crippen LogP contribution in [0.2, 0.25) is 0 Å². The molecule has 1 heterocycles. The molecule has 0 N–H and O–H groups in total. The van der Waals surface area contributed by atoms with Crippen molar-refractivity contribution in [1.82, 2.24) is 0 Å². The van der Waals surface area contributed by atoms with Crippen LogP contribution in [-0.4, -0.2) is 11.9 Å². The third-order valence-electron chi connectivity index (χ3n) is 4.37. The van der Waals surface area contributed by atoms with Gasteiger partial charge in [-0.05, 0) is 47.9 Å². The van der Waals surface area contributed by atoms with E-state index in [2.05, 4.69) is 11.1 Å². The van der Waals surface area contributed by atoms with Gasteiger partial charge in [0, 0.05) is 5.56 Å². The minimum atomic E-state index is -0.413. The molecule has 0 unspecified atom stereocenters. The molecule has 1 aliphatic rings. The van der Waals surface area contributed by atoms with Crippen molar-refractivity contribution in [2.75, 3.05) is 0 Å². The van der Waals surface area contributed by atoms with Crippen LogP contribution in [0, 0.1) is 13.8 Å². The van der Waals surface area contributed by atoms with Crippen molar-refractivity contribution >= 4 is 28.7 Å². The summed E-state index contributed by atoms with van der Waals surface area (Å²) in [5.41, 5.74) is 4.38. The van der Waals surface area contributed by atoms with Crippen molar-refractivity contribution in [2.45, 2.75) is 13.8 Å². The van der Waals surface area contributed by atoms with Crippen molar-refractivity contribution in [3.05, 3.63) is 88.6 Å². The lowest BCUT2D eigenvalue weighted by atomic mass is 10.0. The van der Waals surface area contributed by atoms with Gasteiger partial charge in [-0.1, -0.05) is 60.2 Å². The van der Waals surface area contributed by atoms with E-state index in [1.807, 2.05) is 68.4 Å². The Morgan fingerprint density at radius 1 is 0.960 bits per heavy atom. The average molecular weight is 327 g/mol. The molecule has 0 radical (unpaired) electrons. The molecule has 0 saturated heterocycles. The fraction of sp³-hybridized carbons (Fsp3) is 0.0909. The minimum Gasteiger partial charge on any atom is -0.402 e. The SMILES string of the molecule is Cc1ccc(C)c(C=C2N=C(c3cccc4ccccc34)OC2=O)c1. The first-order chi connectivity index (χ1) is 12.1. The number of cyclic esters (lactones) is 1. The number of hydrogen-bond donors (Lipinski definition) is 0. The maximum atomic E-state index is 12.3. The van der Waals surface area contributed by atoms with Gasteiger partial charge in [-0.25, -0.2) is 9.79 Å². The second-order valence-corrected chi connectivity index (χ2v) is 6.22. The third kappa shape index (κ3) is 2.85. The Bertz CT molecular complexity index is 1060. The van der Waals surface area contributed by atoms with E-state index in [9.17, 15) is 4.79 Å². The molecule has 0 aliphatic carbocycles. The molecular weight excluding hydrogens is 310 g/mol. The molecule has 1 aliphatic heterocycles. The van der Waals surface area contributed by atoms with Gasteiger partial charge in [-0.2, -0.15) is 0 Å². The number of aryl methyl sites for hydroxylation is 2. The van der Waals surface area contributed by atoms with E-state index in [1.165, 1.54) is 0 Å². The molecular formula is C22H17NO2. The van der Waals surface area contributed by atoms with Gasteiger partial charge in [0.15, 0.2) is 5.70 Å². The number of carbonyl (C=O) groups is 1. The lowest BCUT2D eigenvalue weighted by Gasteiger charge is -2.04. The van der Waals surface area contributed by atoms with Crippen LogP contribution >= 0.6 is 0 Å². The molecule has 3 aromatic rings. The second-order valence-electron chi connectivity index (χ2n) is 6.22. The zero-order valence-electron chi connectivity index (χ0n) is 14.1. The van der Waals surface area contributed by atoms with Gasteiger partial charge < -0.3 is 4.74 Å². The van der Waals surface area contributed by atoms with Gasteiger partial charge in [0.25, 0.3) is 0 Å². The van der Waals surface area contributed by atoms with Gasteiger partial charge in [0.05, 0.1) is 0 Å². The Kier molecular flexibility index (Phi) is 3.69. The van der Waals surface area contributed by atoms with Crippen LogP contribution in [0.1, 0.15) is 22.3 Å². The zero-order valence-corrected chi connectivity index (χ0v) is 14.1. The molecule has 0 atom stereocenters. The van der Waals surface area contributed by atoms with Crippen LogP contribution in [0.3, 0.4) is 0 Å². The lowest BCUT2D eigenvalue weighted by Crippen LogP contribution is -2.05.